The number of rotatable bonds is 46. The molecule has 3 rings (SSSR count). The molecule has 1 saturated carbocycles. The summed E-state index contributed by atoms with van der Waals surface area (Å²) in [5, 5.41) is 151. The second kappa shape index (κ2) is 47.0. The maximum Gasteiger partial charge on any atom is 0.244 e. The van der Waals surface area contributed by atoms with E-state index >= 15 is 0 Å². The maximum atomic E-state index is 11.9. The van der Waals surface area contributed by atoms with Crippen molar-refractivity contribution in [2.24, 2.45) is 23.5 Å². The van der Waals surface area contributed by atoms with Crippen molar-refractivity contribution >= 4 is 17.5 Å². The number of ketones is 2. The summed E-state index contributed by atoms with van der Waals surface area (Å²) in [6, 6.07) is -1.04. The minimum atomic E-state index is -1.61. The van der Waals surface area contributed by atoms with Gasteiger partial charge in [0, 0.05) is 55.9 Å². The van der Waals surface area contributed by atoms with Gasteiger partial charge in [0.2, 0.25) is 5.91 Å². The molecule has 20 unspecified atom stereocenters. The van der Waals surface area contributed by atoms with Crippen molar-refractivity contribution in [3.63, 3.8) is 0 Å². The van der Waals surface area contributed by atoms with E-state index in [2.05, 4.69) is 5.32 Å². The first-order valence-electron chi connectivity index (χ1n) is 33.4. The quantitative estimate of drug-likeness (QED) is 0.0137. The predicted octanol–water partition coefficient (Wildman–Crippen LogP) is 3.33. The van der Waals surface area contributed by atoms with Crippen LogP contribution in [0.15, 0.2) is 146 Å². The first kappa shape index (κ1) is 84.2. The molecule has 95 heavy (non-hydrogen) atoms. The van der Waals surface area contributed by atoms with Gasteiger partial charge >= 0.3 is 0 Å². The Kier molecular flexibility index (Phi) is 41.7. The minimum Gasteiger partial charge on any atom is -0.393 e. The number of ether oxygens (including phenoxy) is 4. The Morgan fingerprint density at radius 3 is 1.64 bits per heavy atom. The molecule has 0 spiro atoms. The number of Topliss-reactive ketones (excluding diaryl/α,β-unsaturated/α-hetero) is 2. The molecule has 0 aromatic carbocycles. The van der Waals surface area contributed by atoms with Gasteiger partial charge in [0.25, 0.3) is 0 Å². The summed E-state index contributed by atoms with van der Waals surface area (Å²) in [6.45, 7) is 7.77. The molecule has 536 valence electrons. The normalized spacial score (nSPS) is 25.3. The van der Waals surface area contributed by atoms with E-state index in [1.807, 2.05) is 37.3 Å². The number of aliphatic hydroxyl groups is 14. The molecule has 3 fully saturated rings. The fraction of sp³-hybridized carbons (Fsp3) is 0.625. The van der Waals surface area contributed by atoms with Crippen molar-refractivity contribution in [1.82, 2.24) is 5.32 Å². The molecule has 1 amide bonds. The standard InChI is InChI=1S/C72H112N2O21/c1-48(27-20-16-12-8-5-6-11-15-19-23-35-65(87)74-66-62(85)36-37-63(66)86)67(88)49(2)61(84)33-21-17-13-9-7-10-14-18-22-34-64(95-71-70(91)69(90)68(89)51(4)94-71)50(3)72(92-39-40-93-72)47-60(83)46-59(82)44-55(78)31-25-30-54(77)43-58(81)45-57(80)42-53(76)29-24-28-52(75)41-56(79)32-26-38-73/h5-11,13-15,17-25,27,29,31,33,35,48-61,64,66-71,75-84,88-91H,12,16,26,28,30,32,34,36-47,73H2,1-4H3,(H,74,87)/b8-5+,9-7?,11-6+,14-10?,17-13?,19-15?,22-18?,27-20?,29-24?,31-25?,33-21?,35-23?. The molecule has 0 aromatic heterocycles. The van der Waals surface area contributed by atoms with Crippen LogP contribution in [0.5, 0.6) is 0 Å². The highest BCUT2D eigenvalue weighted by molar-refractivity contribution is 6.14. The molecule has 0 radical (unpaired) electrons. The van der Waals surface area contributed by atoms with Crippen LogP contribution in [0.4, 0.5) is 0 Å². The average molecular weight is 1340 g/mol. The minimum absolute atomic E-state index is 0.0370. The van der Waals surface area contributed by atoms with Crippen LogP contribution in [0.25, 0.3) is 0 Å². The first-order chi connectivity index (χ1) is 45.3. The molecular formula is C72H112N2O21. The number of aliphatic hydroxyl groups excluding tert-OH is 14. The van der Waals surface area contributed by atoms with Gasteiger partial charge in [-0.05, 0) is 84.1 Å². The molecule has 17 N–H and O–H groups in total. The summed E-state index contributed by atoms with van der Waals surface area (Å²) in [5.41, 5.74) is 5.45. The summed E-state index contributed by atoms with van der Waals surface area (Å²) >= 11 is 0. The van der Waals surface area contributed by atoms with Gasteiger partial charge in [-0.1, -0.05) is 161 Å². The van der Waals surface area contributed by atoms with Crippen molar-refractivity contribution in [1.29, 1.82) is 0 Å². The molecule has 0 aromatic rings. The SMILES string of the molecule is CC(C=CCC/C=C/C=C/C=CC=CC(=O)NC1C(=O)CCC1=O)C(O)C(C)C(O)C=CC=CC=CC=CC=CCC(OC1OC(C)C(O)C(O)C1O)C(C)C1(CC(O)CC(O)CC(O)C=CCC(O)CC(O)CC(O)CC(O)C=CCC(O)CC(O)CCCN)OCCO1. The molecule has 2 heterocycles. The number of nitrogens with one attached hydrogen (secondary N) is 1. The van der Waals surface area contributed by atoms with Gasteiger partial charge in [0.15, 0.2) is 23.6 Å². The summed E-state index contributed by atoms with van der Waals surface area (Å²) < 4.78 is 24.5. The Morgan fingerprint density at radius 1 is 0.568 bits per heavy atom. The zero-order valence-corrected chi connectivity index (χ0v) is 55.6. The van der Waals surface area contributed by atoms with Crippen molar-refractivity contribution in [3.8, 4) is 0 Å². The lowest BCUT2D eigenvalue weighted by Gasteiger charge is -2.43. The first-order valence-corrected chi connectivity index (χ1v) is 33.4. The van der Waals surface area contributed by atoms with E-state index in [4.69, 9.17) is 24.7 Å². The fourth-order valence-electron chi connectivity index (χ4n) is 11.1. The number of nitrogens with two attached hydrogens (primary N) is 1. The lowest BCUT2D eigenvalue weighted by Crippen LogP contribution is -2.59. The van der Waals surface area contributed by atoms with E-state index in [1.165, 1.54) is 37.3 Å². The molecule has 0 bridgehead atoms. The van der Waals surface area contributed by atoms with E-state index in [0.717, 1.165) is 12.8 Å². The molecule has 23 heteroatoms. The van der Waals surface area contributed by atoms with Crippen LogP contribution in [-0.4, -0.2) is 225 Å². The summed E-state index contributed by atoms with van der Waals surface area (Å²) in [6.07, 6.45) is 25.2. The Hall–Kier alpha value is -5.07. The number of allylic oxidation sites excluding steroid dienone is 16. The molecule has 2 aliphatic heterocycles. The Labute approximate surface area is 560 Å². The van der Waals surface area contributed by atoms with Gasteiger partial charge in [-0.15, -0.1) is 0 Å². The lowest BCUT2D eigenvalue weighted by molar-refractivity contribution is -0.320. The lowest BCUT2D eigenvalue weighted by atomic mass is 9.86. The predicted molar refractivity (Wildman–Crippen MR) is 360 cm³/mol. The highest BCUT2D eigenvalue weighted by atomic mass is 16.7. The highest BCUT2D eigenvalue weighted by Gasteiger charge is 2.50. The molecule has 1 aliphatic carbocycles. The third-order valence-electron chi connectivity index (χ3n) is 16.8. The Morgan fingerprint density at radius 2 is 1.06 bits per heavy atom. The average Bonchev–Trinajstić information content (AvgIpc) is 1.90. The van der Waals surface area contributed by atoms with Crippen LogP contribution in [0, 0.1) is 17.8 Å². The Balaban J connectivity index is 1.46. The van der Waals surface area contributed by atoms with Gasteiger partial charge in [-0.2, -0.15) is 0 Å². The number of carbonyl (C=O) groups is 3. The molecule has 2 saturated heterocycles. The van der Waals surface area contributed by atoms with Crippen LogP contribution >= 0.6 is 0 Å². The van der Waals surface area contributed by atoms with Crippen LogP contribution in [0.3, 0.4) is 0 Å². The monoisotopic (exact) mass is 1340 g/mol. The molecule has 20 atom stereocenters. The van der Waals surface area contributed by atoms with E-state index in [1.54, 1.807) is 98.9 Å². The van der Waals surface area contributed by atoms with Gasteiger partial charge in [-0.3, -0.25) is 14.4 Å². The van der Waals surface area contributed by atoms with Gasteiger partial charge in [-0.25, -0.2) is 0 Å². The summed E-state index contributed by atoms with van der Waals surface area (Å²) in [4.78, 5) is 35.3. The van der Waals surface area contributed by atoms with Crippen LogP contribution in [-0.2, 0) is 33.3 Å². The smallest absolute Gasteiger partial charge is 0.244 e. The molecular weight excluding hydrogens is 1230 g/mol. The number of carbonyl (C=O) groups excluding carboxylic acids is 3. The number of hydrogen-bond acceptors (Lipinski definition) is 22. The maximum absolute atomic E-state index is 11.9. The summed E-state index contributed by atoms with van der Waals surface area (Å²) in [5.74, 6) is -3.81. The van der Waals surface area contributed by atoms with Crippen LogP contribution in [0.1, 0.15) is 130 Å². The second-order valence-corrected chi connectivity index (χ2v) is 25.1. The van der Waals surface area contributed by atoms with E-state index < -0.39 is 134 Å². The van der Waals surface area contributed by atoms with E-state index in [9.17, 15) is 85.9 Å². The van der Waals surface area contributed by atoms with Gasteiger partial charge in [0.1, 0.15) is 24.4 Å². The van der Waals surface area contributed by atoms with E-state index in [-0.39, 0.29) is 108 Å². The largest absolute Gasteiger partial charge is 0.393 e. The van der Waals surface area contributed by atoms with Crippen molar-refractivity contribution in [2.45, 2.75) is 246 Å². The second-order valence-electron chi connectivity index (χ2n) is 25.1. The zero-order valence-electron chi connectivity index (χ0n) is 55.6. The van der Waals surface area contributed by atoms with Crippen molar-refractivity contribution in [3.05, 3.63) is 146 Å². The van der Waals surface area contributed by atoms with Gasteiger partial charge in [0.05, 0.1) is 92.6 Å². The number of amides is 1. The van der Waals surface area contributed by atoms with Gasteiger partial charge < -0.3 is 101 Å². The topological polar surface area (TPSA) is 409 Å². The molecule has 3 aliphatic rings. The van der Waals surface area contributed by atoms with Crippen LogP contribution in [0.2, 0.25) is 0 Å². The third kappa shape index (κ3) is 33.8. The Bertz CT molecular complexity index is 2540. The third-order valence-corrected chi connectivity index (χ3v) is 16.8. The van der Waals surface area contributed by atoms with Crippen molar-refractivity contribution < 1.29 is 105 Å². The molecule has 23 nitrogen and oxygen atoms in total. The van der Waals surface area contributed by atoms with Crippen LogP contribution < -0.4 is 11.1 Å². The number of hydrogen-bond donors (Lipinski definition) is 16. The number of unbranched alkanes of at least 4 members (excludes halogenated alkanes) is 1. The highest BCUT2D eigenvalue weighted by Crippen LogP contribution is 2.39. The fourth-order valence-corrected chi connectivity index (χ4v) is 11.1. The summed E-state index contributed by atoms with van der Waals surface area (Å²) in [7, 11) is 0. The zero-order chi connectivity index (χ0) is 70.3. The van der Waals surface area contributed by atoms with E-state index in [0.29, 0.717) is 19.4 Å². The van der Waals surface area contributed by atoms with Crippen molar-refractivity contribution in [2.75, 3.05) is 19.8 Å².